The van der Waals surface area contributed by atoms with E-state index in [2.05, 4.69) is 15.8 Å². The summed E-state index contributed by atoms with van der Waals surface area (Å²) in [6.07, 6.45) is 0. The van der Waals surface area contributed by atoms with E-state index in [1.807, 2.05) is 54.6 Å². The van der Waals surface area contributed by atoms with E-state index in [0.717, 1.165) is 16.7 Å². The molecule has 0 unspecified atom stereocenters. The Bertz CT molecular complexity index is 882. The fraction of sp³-hybridized carbons (Fsp3) is 0.158. The van der Waals surface area contributed by atoms with Crippen molar-refractivity contribution < 1.29 is 13.9 Å². The maximum absolute atomic E-state index is 12.0. The number of carbonyl (C=O) groups is 1. The number of hydrazone groups is 1. The Morgan fingerprint density at radius 3 is 2.72 bits per heavy atom. The quantitative estimate of drug-likeness (QED) is 0.534. The van der Waals surface area contributed by atoms with Crippen molar-refractivity contribution in [3.63, 3.8) is 0 Å². The number of nitrogens with zero attached hydrogens (tertiary/aromatic N) is 1. The molecule has 2 aromatic carbocycles. The van der Waals surface area contributed by atoms with Crippen molar-refractivity contribution in [2.24, 2.45) is 5.10 Å². The van der Waals surface area contributed by atoms with Gasteiger partial charge in [0, 0.05) is 5.39 Å². The van der Waals surface area contributed by atoms with Crippen LogP contribution in [0.1, 0.15) is 12.7 Å². The molecule has 1 aromatic heterocycles. The van der Waals surface area contributed by atoms with Gasteiger partial charge in [0.15, 0.2) is 5.76 Å². The van der Waals surface area contributed by atoms with Crippen LogP contribution in [0.2, 0.25) is 0 Å². The summed E-state index contributed by atoms with van der Waals surface area (Å²) in [6.45, 7) is 1.86. The zero-order valence-corrected chi connectivity index (χ0v) is 14.1. The van der Waals surface area contributed by atoms with Gasteiger partial charge in [0.25, 0.3) is 5.91 Å². The number of para-hydroxylation sites is 3. The summed E-state index contributed by atoms with van der Waals surface area (Å²) in [4.78, 5) is 12.0. The maximum atomic E-state index is 12.0. The lowest BCUT2D eigenvalue weighted by molar-refractivity contribution is -0.119. The second-order valence-electron chi connectivity index (χ2n) is 5.43. The number of fused-ring (bicyclic) bond motifs is 1. The third kappa shape index (κ3) is 3.98. The van der Waals surface area contributed by atoms with Crippen molar-refractivity contribution in [1.82, 2.24) is 5.43 Å². The van der Waals surface area contributed by atoms with Crippen LogP contribution in [0.5, 0.6) is 5.75 Å². The minimum Gasteiger partial charge on any atom is -0.495 e. The average Bonchev–Trinajstić information content (AvgIpc) is 3.09. The van der Waals surface area contributed by atoms with Gasteiger partial charge in [-0.1, -0.05) is 30.3 Å². The summed E-state index contributed by atoms with van der Waals surface area (Å²) in [7, 11) is 1.58. The number of furan rings is 1. The highest BCUT2D eigenvalue weighted by Gasteiger charge is 2.08. The Balaban J connectivity index is 1.60. The smallest absolute Gasteiger partial charge is 0.259 e. The molecule has 2 N–H and O–H groups in total. The third-order valence-electron chi connectivity index (χ3n) is 3.68. The predicted octanol–water partition coefficient (Wildman–Crippen LogP) is 3.39. The first-order chi connectivity index (χ1) is 12.2. The van der Waals surface area contributed by atoms with E-state index in [0.29, 0.717) is 17.2 Å². The van der Waals surface area contributed by atoms with Crippen molar-refractivity contribution in [3.05, 3.63) is 60.4 Å². The first kappa shape index (κ1) is 16.6. The second-order valence-corrected chi connectivity index (χ2v) is 5.43. The Morgan fingerprint density at radius 1 is 1.16 bits per heavy atom. The van der Waals surface area contributed by atoms with E-state index < -0.39 is 0 Å². The zero-order valence-electron chi connectivity index (χ0n) is 14.1. The molecule has 0 atom stereocenters. The second kappa shape index (κ2) is 7.53. The van der Waals surface area contributed by atoms with Crippen LogP contribution in [0, 0.1) is 0 Å². The van der Waals surface area contributed by atoms with Gasteiger partial charge in [-0.2, -0.15) is 5.10 Å². The van der Waals surface area contributed by atoms with Crippen LogP contribution in [-0.4, -0.2) is 25.3 Å². The number of nitrogens with one attached hydrogen (secondary N) is 2. The molecule has 25 heavy (non-hydrogen) atoms. The van der Waals surface area contributed by atoms with Crippen molar-refractivity contribution in [2.75, 3.05) is 19.0 Å². The van der Waals surface area contributed by atoms with Gasteiger partial charge in [-0.3, -0.25) is 4.79 Å². The topological polar surface area (TPSA) is 75.9 Å². The first-order valence-electron chi connectivity index (χ1n) is 7.86. The largest absolute Gasteiger partial charge is 0.495 e. The number of anilines is 1. The lowest BCUT2D eigenvalue weighted by Gasteiger charge is -2.09. The molecule has 0 saturated heterocycles. The monoisotopic (exact) mass is 337 g/mol. The molecule has 0 bridgehead atoms. The summed E-state index contributed by atoms with van der Waals surface area (Å²) < 4.78 is 10.9. The lowest BCUT2D eigenvalue weighted by Crippen LogP contribution is -2.26. The summed E-state index contributed by atoms with van der Waals surface area (Å²) in [5.41, 5.74) is 4.65. The fourth-order valence-corrected chi connectivity index (χ4v) is 2.37. The molecule has 0 aliphatic heterocycles. The van der Waals surface area contributed by atoms with E-state index in [-0.39, 0.29) is 12.5 Å². The van der Waals surface area contributed by atoms with Crippen LogP contribution >= 0.6 is 0 Å². The van der Waals surface area contributed by atoms with Gasteiger partial charge in [-0.25, -0.2) is 5.43 Å². The van der Waals surface area contributed by atoms with E-state index in [9.17, 15) is 4.79 Å². The van der Waals surface area contributed by atoms with Crippen molar-refractivity contribution in [2.45, 2.75) is 6.92 Å². The average molecular weight is 337 g/mol. The molecule has 1 amide bonds. The van der Waals surface area contributed by atoms with E-state index in [4.69, 9.17) is 9.15 Å². The highest BCUT2D eigenvalue weighted by molar-refractivity contribution is 6.00. The standard InChI is InChI=1S/C19H19N3O3/c1-13(18-11-14-7-3-5-9-16(14)25-18)21-22-19(23)12-20-15-8-4-6-10-17(15)24-2/h3-11,20H,12H2,1-2H3,(H,22,23). The molecule has 0 spiro atoms. The molecule has 6 heteroatoms. The van der Waals surface area contributed by atoms with Crippen molar-refractivity contribution in [1.29, 1.82) is 0 Å². The van der Waals surface area contributed by atoms with E-state index in [1.54, 1.807) is 14.0 Å². The number of hydrogen-bond donors (Lipinski definition) is 2. The highest BCUT2D eigenvalue weighted by Crippen LogP contribution is 2.22. The van der Waals surface area contributed by atoms with Gasteiger partial charge in [0.1, 0.15) is 17.0 Å². The molecule has 0 aliphatic carbocycles. The number of methoxy groups -OCH3 is 1. The van der Waals surface area contributed by atoms with Crippen LogP contribution in [0.15, 0.2) is 64.1 Å². The first-order valence-corrected chi connectivity index (χ1v) is 7.86. The Kier molecular flexibility index (Phi) is 4.99. The zero-order chi connectivity index (χ0) is 17.6. The van der Waals surface area contributed by atoms with Crippen molar-refractivity contribution >= 4 is 28.3 Å². The number of benzene rings is 2. The normalized spacial score (nSPS) is 11.4. The lowest BCUT2D eigenvalue weighted by atomic mass is 10.2. The summed E-state index contributed by atoms with van der Waals surface area (Å²) in [5.74, 6) is 1.04. The molecule has 3 rings (SSSR count). The molecule has 0 fully saturated rings. The number of hydrogen-bond acceptors (Lipinski definition) is 5. The van der Waals surface area contributed by atoms with E-state index in [1.165, 1.54) is 0 Å². The molecule has 0 radical (unpaired) electrons. The third-order valence-corrected chi connectivity index (χ3v) is 3.68. The van der Waals surface area contributed by atoms with Crippen LogP contribution in [-0.2, 0) is 4.79 Å². The fourth-order valence-electron chi connectivity index (χ4n) is 2.37. The van der Waals surface area contributed by atoms with Gasteiger partial charge < -0.3 is 14.5 Å². The van der Waals surface area contributed by atoms with Gasteiger partial charge >= 0.3 is 0 Å². The predicted molar refractivity (Wildman–Crippen MR) is 98.1 cm³/mol. The Morgan fingerprint density at radius 2 is 1.92 bits per heavy atom. The summed E-state index contributed by atoms with van der Waals surface area (Å²) >= 11 is 0. The van der Waals surface area contributed by atoms with Crippen LogP contribution in [0.25, 0.3) is 11.0 Å². The minimum absolute atomic E-state index is 0.0806. The summed E-state index contributed by atoms with van der Waals surface area (Å²) in [6, 6.07) is 17.0. The molecule has 0 aliphatic rings. The Hall–Kier alpha value is -3.28. The molecule has 6 nitrogen and oxygen atoms in total. The maximum Gasteiger partial charge on any atom is 0.259 e. The molecular weight excluding hydrogens is 318 g/mol. The number of carbonyl (C=O) groups excluding carboxylic acids is 1. The molecule has 128 valence electrons. The number of amides is 1. The highest BCUT2D eigenvalue weighted by atomic mass is 16.5. The molecule has 3 aromatic rings. The van der Waals surface area contributed by atoms with E-state index >= 15 is 0 Å². The van der Waals surface area contributed by atoms with Crippen LogP contribution < -0.4 is 15.5 Å². The molecular formula is C19H19N3O3. The van der Waals surface area contributed by atoms with Crippen LogP contribution in [0.4, 0.5) is 5.69 Å². The SMILES string of the molecule is COc1ccccc1NCC(=O)NN=C(C)c1cc2ccccc2o1. The van der Waals surface area contributed by atoms with Gasteiger partial charge in [-0.15, -0.1) is 0 Å². The van der Waals surface area contributed by atoms with Gasteiger partial charge in [-0.05, 0) is 31.2 Å². The summed E-state index contributed by atoms with van der Waals surface area (Å²) in [5, 5.41) is 8.11. The Labute approximate surface area is 145 Å². The minimum atomic E-state index is -0.263. The molecule has 0 saturated carbocycles. The van der Waals surface area contributed by atoms with Gasteiger partial charge in [0.2, 0.25) is 0 Å². The number of rotatable bonds is 6. The van der Waals surface area contributed by atoms with Crippen molar-refractivity contribution in [3.8, 4) is 5.75 Å². The van der Waals surface area contributed by atoms with Crippen LogP contribution in [0.3, 0.4) is 0 Å². The van der Waals surface area contributed by atoms with Gasteiger partial charge in [0.05, 0.1) is 19.3 Å². The number of ether oxygens (including phenoxy) is 1. The molecule has 1 heterocycles.